The quantitative estimate of drug-likeness (QED) is 0.647. The molecule has 1 aliphatic carbocycles. The number of nitrogens with zero attached hydrogens (tertiary/aromatic N) is 1. The monoisotopic (exact) mass is 431 g/mol. The first-order valence-electron chi connectivity index (χ1n) is 11.3. The van der Waals surface area contributed by atoms with Gasteiger partial charge in [-0.1, -0.05) is 17.7 Å². The van der Waals surface area contributed by atoms with Gasteiger partial charge in [-0.2, -0.15) is 0 Å². The molecular weight excluding hydrogens is 402 g/mol. The molecule has 1 spiro atoms. The number of nitrogens with one attached hydrogen (secondary N) is 2. The van der Waals surface area contributed by atoms with Crippen molar-refractivity contribution < 1.29 is 14.3 Å². The second-order valence-electron chi connectivity index (χ2n) is 9.38. The first-order valence-corrected chi connectivity index (χ1v) is 11.3. The van der Waals surface area contributed by atoms with Crippen LogP contribution in [0.5, 0.6) is 5.75 Å². The molecule has 5 rings (SSSR count). The second kappa shape index (κ2) is 8.01. The topological polar surface area (TPSA) is 74.4 Å². The molecule has 3 aromatic rings. The summed E-state index contributed by atoms with van der Waals surface area (Å²) in [6, 6.07) is 15.6. The average Bonchev–Trinajstić information content (AvgIpc) is 3.21. The highest BCUT2D eigenvalue weighted by molar-refractivity contribution is 5.98. The number of H-pyrrole nitrogens is 1. The second-order valence-corrected chi connectivity index (χ2v) is 9.38. The highest BCUT2D eigenvalue weighted by Gasteiger charge is 2.47. The van der Waals surface area contributed by atoms with Gasteiger partial charge in [-0.3, -0.25) is 9.59 Å². The summed E-state index contributed by atoms with van der Waals surface area (Å²) >= 11 is 0. The average molecular weight is 432 g/mol. The lowest BCUT2D eigenvalue weighted by molar-refractivity contribution is 0.00846. The normalized spacial score (nSPS) is 17.9. The minimum absolute atomic E-state index is 0.0107. The van der Waals surface area contributed by atoms with Crippen molar-refractivity contribution in [3.05, 3.63) is 65.4 Å². The molecule has 1 aliphatic heterocycles. The van der Waals surface area contributed by atoms with E-state index in [0.29, 0.717) is 5.69 Å². The van der Waals surface area contributed by atoms with Gasteiger partial charge < -0.3 is 19.9 Å². The molecule has 0 unspecified atom stereocenters. The summed E-state index contributed by atoms with van der Waals surface area (Å²) in [5.74, 6) is 0.836. The van der Waals surface area contributed by atoms with Crippen LogP contribution in [0.1, 0.15) is 52.1 Å². The highest BCUT2D eigenvalue weighted by Crippen LogP contribution is 2.49. The van der Waals surface area contributed by atoms with Crippen LogP contribution in [-0.4, -0.2) is 47.9 Å². The van der Waals surface area contributed by atoms with E-state index < -0.39 is 0 Å². The smallest absolute Gasteiger partial charge is 0.270 e. The molecule has 0 bridgehead atoms. The molecule has 2 N–H and O–H groups in total. The Morgan fingerprint density at radius 3 is 2.59 bits per heavy atom. The number of aromatic amines is 1. The number of amides is 2. The molecule has 6 heteroatoms. The zero-order valence-corrected chi connectivity index (χ0v) is 18.6. The molecule has 2 aliphatic rings. The van der Waals surface area contributed by atoms with Crippen molar-refractivity contribution in [3.8, 4) is 5.75 Å². The van der Waals surface area contributed by atoms with Crippen LogP contribution in [0, 0.1) is 12.3 Å². The molecule has 166 valence electrons. The lowest BCUT2D eigenvalue weighted by Gasteiger charge is -2.52. The molecule has 2 amide bonds. The SMILES string of the molecule is COc1ccc2cc(C(=O)N3CCC4(CC3)CC(NC(=O)c3cccc(C)c3)C4)[nH]c2c1. The van der Waals surface area contributed by atoms with E-state index in [9.17, 15) is 9.59 Å². The molecular formula is C26H29N3O3. The summed E-state index contributed by atoms with van der Waals surface area (Å²) in [5, 5.41) is 4.19. The molecule has 1 saturated heterocycles. The summed E-state index contributed by atoms with van der Waals surface area (Å²) in [6.45, 7) is 3.52. The zero-order chi connectivity index (χ0) is 22.3. The van der Waals surface area contributed by atoms with Crippen molar-refractivity contribution in [2.75, 3.05) is 20.2 Å². The van der Waals surface area contributed by atoms with Gasteiger partial charge in [0.1, 0.15) is 11.4 Å². The van der Waals surface area contributed by atoms with Crippen LogP contribution in [0.15, 0.2) is 48.5 Å². The molecule has 2 fully saturated rings. The number of aromatic nitrogens is 1. The molecule has 0 atom stereocenters. The molecule has 0 radical (unpaired) electrons. The lowest BCUT2D eigenvalue weighted by Crippen LogP contribution is -2.55. The largest absolute Gasteiger partial charge is 0.497 e. The lowest BCUT2D eigenvalue weighted by atomic mass is 9.60. The maximum Gasteiger partial charge on any atom is 0.270 e. The number of fused-ring (bicyclic) bond motifs is 1. The number of methoxy groups -OCH3 is 1. The van der Waals surface area contributed by atoms with Crippen molar-refractivity contribution in [1.29, 1.82) is 0 Å². The number of rotatable bonds is 4. The number of ether oxygens (including phenoxy) is 1. The van der Waals surface area contributed by atoms with Crippen LogP contribution in [0.25, 0.3) is 10.9 Å². The van der Waals surface area contributed by atoms with Crippen molar-refractivity contribution >= 4 is 22.7 Å². The number of carbonyl (C=O) groups is 2. The van der Waals surface area contributed by atoms with Crippen molar-refractivity contribution in [1.82, 2.24) is 15.2 Å². The van der Waals surface area contributed by atoms with Crippen LogP contribution in [-0.2, 0) is 0 Å². The summed E-state index contributed by atoms with van der Waals surface area (Å²) < 4.78 is 5.27. The Kier molecular flexibility index (Phi) is 5.16. The van der Waals surface area contributed by atoms with E-state index in [1.54, 1.807) is 7.11 Å². The van der Waals surface area contributed by atoms with E-state index >= 15 is 0 Å². The number of hydrogen-bond acceptors (Lipinski definition) is 3. The Balaban J connectivity index is 1.15. The van der Waals surface area contributed by atoms with Gasteiger partial charge in [-0.25, -0.2) is 0 Å². The van der Waals surface area contributed by atoms with E-state index in [4.69, 9.17) is 4.74 Å². The number of likely N-dealkylation sites (tertiary alicyclic amines) is 1. The molecule has 32 heavy (non-hydrogen) atoms. The van der Waals surface area contributed by atoms with E-state index in [1.807, 2.05) is 60.4 Å². The Bertz CT molecular complexity index is 1170. The fourth-order valence-corrected chi connectivity index (χ4v) is 5.25. The van der Waals surface area contributed by atoms with Gasteiger partial charge in [0.05, 0.1) is 7.11 Å². The number of hydrogen-bond donors (Lipinski definition) is 2. The van der Waals surface area contributed by atoms with Gasteiger partial charge in [0, 0.05) is 41.7 Å². The fraction of sp³-hybridized carbons (Fsp3) is 0.385. The van der Waals surface area contributed by atoms with Crippen LogP contribution >= 0.6 is 0 Å². The van der Waals surface area contributed by atoms with E-state index in [-0.39, 0.29) is 23.3 Å². The van der Waals surface area contributed by atoms with Gasteiger partial charge in [-0.15, -0.1) is 0 Å². The van der Waals surface area contributed by atoms with Crippen LogP contribution in [0.4, 0.5) is 0 Å². The third-order valence-electron chi connectivity index (χ3n) is 7.15. The Morgan fingerprint density at radius 2 is 1.88 bits per heavy atom. The molecule has 2 aromatic carbocycles. The Labute approximate surface area is 187 Å². The highest BCUT2D eigenvalue weighted by atomic mass is 16.5. The summed E-state index contributed by atoms with van der Waals surface area (Å²) in [6.07, 6.45) is 3.98. The fourth-order valence-electron chi connectivity index (χ4n) is 5.25. The van der Waals surface area contributed by atoms with E-state index in [0.717, 1.165) is 66.6 Å². The number of benzene rings is 2. The van der Waals surface area contributed by atoms with E-state index in [1.165, 1.54) is 0 Å². The number of carbonyl (C=O) groups excluding carboxylic acids is 2. The van der Waals surface area contributed by atoms with Gasteiger partial charge in [0.25, 0.3) is 11.8 Å². The van der Waals surface area contributed by atoms with Gasteiger partial charge in [0.2, 0.25) is 0 Å². The van der Waals surface area contributed by atoms with Crippen molar-refractivity contribution in [3.63, 3.8) is 0 Å². The number of aryl methyl sites for hydroxylation is 1. The number of piperidine rings is 1. The van der Waals surface area contributed by atoms with Gasteiger partial charge >= 0.3 is 0 Å². The van der Waals surface area contributed by atoms with Gasteiger partial charge in [-0.05, 0) is 68.4 Å². The molecule has 6 nitrogen and oxygen atoms in total. The van der Waals surface area contributed by atoms with Crippen LogP contribution in [0.3, 0.4) is 0 Å². The Morgan fingerprint density at radius 1 is 1.09 bits per heavy atom. The van der Waals surface area contributed by atoms with Crippen molar-refractivity contribution in [2.24, 2.45) is 5.41 Å². The standard InChI is InChI=1S/C26H29N3O3/c1-17-4-3-5-19(12-17)24(30)27-20-15-26(16-20)8-10-29(11-9-26)25(31)23-13-18-6-7-21(32-2)14-22(18)28-23/h3-7,12-14,20,28H,8-11,15-16H2,1-2H3,(H,27,30). The molecule has 2 heterocycles. The first kappa shape index (κ1) is 20.6. The summed E-state index contributed by atoms with van der Waals surface area (Å²) in [5.41, 5.74) is 3.61. The summed E-state index contributed by atoms with van der Waals surface area (Å²) in [7, 11) is 1.64. The summed E-state index contributed by atoms with van der Waals surface area (Å²) in [4.78, 5) is 30.7. The molecule has 1 aromatic heterocycles. The minimum Gasteiger partial charge on any atom is -0.497 e. The maximum atomic E-state index is 13.0. The maximum absolute atomic E-state index is 13.0. The zero-order valence-electron chi connectivity index (χ0n) is 18.6. The van der Waals surface area contributed by atoms with Gasteiger partial charge in [0.15, 0.2) is 0 Å². The minimum atomic E-state index is 0.0107. The third kappa shape index (κ3) is 3.85. The molecule has 1 saturated carbocycles. The van der Waals surface area contributed by atoms with Crippen LogP contribution < -0.4 is 10.1 Å². The van der Waals surface area contributed by atoms with Crippen LogP contribution in [0.2, 0.25) is 0 Å². The predicted octanol–water partition coefficient (Wildman–Crippen LogP) is 4.30. The third-order valence-corrected chi connectivity index (χ3v) is 7.15. The van der Waals surface area contributed by atoms with Crippen molar-refractivity contribution in [2.45, 2.75) is 38.6 Å². The van der Waals surface area contributed by atoms with E-state index in [2.05, 4.69) is 10.3 Å². The predicted molar refractivity (Wildman–Crippen MR) is 124 cm³/mol. The Hall–Kier alpha value is -3.28. The first-order chi connectivity index (χ1) is 15.4.